The van der Waals surface area contributed by atoms with Gasteiger partial charge in [0.2, 0.25) is 0 Å². The number of nitrogens with one attached hydrogen (secondary N) is 1. The number of hydrogen-bond acceptors (Lipinski definition) is 3. The Labute approximate surface area is 129 Å². The zero-order chi connectivity index (χ0) is 15.5. The molecule has 3 nitrogen and oxygen atoms in total. The smallest absolute Gasteiger partial charge is 0.129 e. The van der Waals surface area contributed by atoms with Crippen molar-refractivity contribution in [2.75, 3.05) is 18.0 Å². The normalized spacial score (nSPS) is 16.0. The molecule has 1 aromatic heterocycles. The van der Waals surface area contributed by atoms with Crippen LogP contribution in [0.15, 0.2) is 23.8 Å². The van der Waals surface area contributed by atoms with Gasteiger partial charge in [0, 0.05) is 30.9 Å². The van der Waals surface area contributed by atoms with Crippen molar-refractivity contribution in [2.45, 2.75) is 59.5 Å². The molecular weight excluding hydrogens is 258 g/mol. The van der Waals surface area contributed by atoms with Crippen LogP contribution < -0.4 is 10.2 Å². The highest BCUT2D eigenvalue weighted by Crippen LogP contribution is 2.20. The standard InChI is InChI=1S/C18H29N3/c1-6-16-10-15(12-19-18(3,4)5)11-17(20-16)21-9-7-8-14(2)13-21/h8,10-11,19H,6-7,9,12-13H2,1-5H3. The highest BCUT2D eigenvalue weighted by molar-refractivity contribution is 5.45. The molecule has 0 saturated carbocycles. The average molecular weight is 287 g/mol. The van der Waals surface area contributed by atoms with Gasteiger partial charge in [-0.3, -0.25) is 0 Å². The minimum Gasteiger partial charge on any atom is -0.352 e. The van der Waals surface area contributed by atoms with Crippen molar-refractivity contribution >= 4 is 5.82 Å². The van der Waals surface area contributed by atoms with Crippen LogP contribution in [-0.2, 0) is 13.0 Å². The summed E-state index contributed by atoms with van der Waals surface area (Å²) in [5.74, 6) is 1.13. The van der Waals surface area contributed by atoms with Gasteiger partial charge in [-0.2, -0.15) is 0 Å². The summed E-state index contributed by atoms with van der Waals surface area (Å²) < 4.78 is 0. The first-order valence-corrected chi connectivity index (χ1v) is 8.03. The molecule has 116 valence electrons. The lowest BCUT2D eigenvalue weighted by atomic mass is 10.1. The van der Waals surface area contributed by atoms with E-state index in [0.717, 1.165) is 38.3 Å². The molecule has 0 aliphatic carbocycles. The van der Waals surface area contributed by atoms with Crippen molar-refractivity contribution in [1.29, 1.82) is 0 Å². The maximum absolute atomic E-state index is 4.83. The number of nitrogens with zero attached hydrogens (tertiary/aromatic N) is 2. The Morgan fingerprint density at radius 1 is 1.29 bits per heavy atom. The van der Waals surface area contributed by atoms with Gasteiger partial charge in [0.25, 0.3) is 0 Å². The number of aromatic nitrogens is 1. The van der Waals surface area contributed by atoms with E-state index in [9.17, 15) is 0 Å². The van der Waals surface area contributed by atoms with Crippen molar-refractivity contribution < 1.29 is 0 Å². The van der Waals surface area contributed by atoms with E-state index in [2.05, 4.69) is 63.0 Å². The molecule has 0 fully saturated rings. The first kappa shape index (κ1) is 16.0. The third kappa shape index (κ3) is 4.85. The molecule has 1 aliphatic heterocycles. The highest BCUT2D eigenvalue weighted by atomic mass is 15.2. The summed E-state index contributed by atoms with van der Waals surface area (Å²) in [5, 5.41) is 3.57. The summed E-state index contributed by atoms with van der Waals surface area (Å²) >= 11 is 0. The van der Waals surface area contributed by atoms with Crippen molar-refractivity contribution in [2.24, 2.45) is 0 Å². The molecule has 21 heavy (non-hydrogen) atoms. The zero-order valence-corrected chi connectivity index (χ0v) is 14.2. The van der Waals surface area contributed by atoms with Crippen molar-refractivity contribution in [3.8, 4) is 0 Å². The fourth-order valence-corrected chi connectivity index (χ4v) is 2.55. The van der Waals surface area contributed by atoms with E-state index in [1.54, 1.807) is 0 Å². The van der Waals surface area contributed by atoms with Gasteiger partial charge in [0.1, 0.15) is 5.82 Å². The van der Waals surface area contributed by atoms with Crippen molar-refractivity contribution in [3.63, 3.8) is 0 Å². The lowest BCUT2D eigenvalue weighted by molar-refractivity contribution is 0.424. The van der Waals surface area contributed by atoms with Crippen LogP contribution in [0.25, 0.3) is 0 Å². The van der Waals surface area contributed by atoms with Gasteiger partial charge in [0.15, 0.2) is 0 Å². The van der Waals surface area contributed by atoms with Gasteiger partial charge in [-0.15, -0.1) is 0 Å². The summed E-state index contributed by atoms with van der Waals surface area (Å²) in [6.07, 6.45) is 4.45. The van der Waals surface area contributed by atoms with Crippen LogP contribution in [0.4, 0.5) is 5.82 Å². The number of rotatable bonds is 4. The first-order valence-electron chi connectivity index (χ1n) is 8.03. The lowest BCUT2D eigenvalue weighted by Gasteiger charge is -2.28. The Balaban J connectivity index is 2.19. The van der Waals surface area contributed by atoms with Crippen LogP contribution >= 0.6 is 0 Å². The summed E-state index contributed by atoms with van der Waals surface area (Å²) in [7, 11) is 0. The second-order valence-electron chi connectivity index (χ2n) is 7.04. The SMILES string of the molecule is CCc1cc(CNC(C)(C)C)cc(N2CCC=C(C)C2)n1. The maximum Gasteiger partial charge on any atom is 0.129 e. The van der Waals surface area contributed by atoms with Crippen LogP contribution in [0.5, 0.6) is 0 Å². The predicted molar refractivity (Wildman–Crippen MR) is 90.8 cm³/mol. The first-order chi connectivity index (χ1) is 9.87. The van der Waals surface area contributed by atoms with E-state index in [4.69, 9.17) is 4.98 Å². The molecule has 0 saturated heterocycles. The second kappa shape index (κ2) is 6.61. The summed E-state index contributed by atoms with van der Waals surface area (Å²) in [6.45, 7) is 14.0. The predicted octanol–water partition coefficient (Wildman–Crippen LogP) is 3.69. The third-order valence-electron chi connectivity index (χ3n) is 3.77. The van der Waals surface area contributed by atoms with Crippen LogP contribution in [0, 0.1) is 0 Å². The van der Waals surface area contributed by atoms with E-state index < -0.39 is 0 Å². The summed E-state index contributed by atoms with van der Waals surface area (Å²) in [4.78, 5) is 7.22. The average Bonchev–Trinajstić information content (AvgIpc) is 2.44. The van der Waals surface area contributed by atoms with Crippen LogP contribution in [-0.4, -0.2) is 23.6 Å². The largest absolute Gasteiger partial charge is 0.352 e. The molecule has 0 amide bonds. The summed E-state index contributed by atoms with van der Waals surface area (Å²) in [5.41, 5.74) is 4.10. The van der Waals surface area contributed by atoms with E-state index >= 15 is 0 Å². The molecule has 0 spiro atoms. The van der Waals surface area contributed by atoms with Gasteiger partial charge in [0.05, 0.1) is 0 Å². The molecule has 0 unspecified atom stereocenters. The van der Waals surface area contributed by atoms with E-state index in [0.29, 0.717) is 0 Å². The molecule has 1 aliphatic rings. The summed E-state index contributed by atoms with van der Waals surface area (Å²) in [6, 6.07) is 4.48. The van der Waals surface area contributed by atoms with Gasteiger partial charge < -0.3 is 10.2 Å². The fourth-order valence-electron chi connectivity index (χ4n) is 2.55. The maximum atomic E-state index is 4.83. The molecule has 0 aromatic carbocycles. The van der Waals surface area contributed by atoms with Crippen molar-refractivity contribution in [1.82, 2.24) is 10.3 Å². The topological polar surface area (TPSA) is 28.2 Å². The second-order valence-corrected chi connectivity index (χ2v) is 7.04. The quantitative estimate of drug-likeness (QED) is 0.856. The van der Waals surface area contributed by atoms with Gasteiger partial charge in [-0.25, -0.2) is 4.98 Å². The Morgan fingerprint density at radius 2 is 2.05 bits per heavy atom. The van der Waals surface area contributed by atoms with Crippen LogP contribution in [0.2, 0.25) is 0 Å². The molecular formula is C18H29N3. The van der Waals surface area contributed by atoms with E-state index in [1.165, 1.54) is 16.8 Å². The van der Waals surface area contributed by atoms with Gasteiger partial charge in [-0.1, -0.05) is 18.6 Å². The molecule has 0 radical (unpaired) electrons. The fraction of sp³-hybridized carbons (Fsp3) is 0.611. The zero-order valence-electron chi connectivity index (χ0n) is 14.2. The minimum atomic E-state index is 0.139. The third-order valence-corrected chi connectivity index (χ3v) is 3.77. The van der Waals surface area contributed by atoms with E-state index in [1.807, 2.05) is 0 Å². The molecule has 2 heterocycles. The minimum absolute atomic E-state index is 0.139. The Hall–Kier alpha value is -1.35. The van der Waals surface area contributed by atoms with Crippen LogP contribution in [0.3, 0.4) is 0 Å². The van der Waals surface area contributed by atoms with Crippen LogP contribution in [0.1, 0.15) is 52.3 Å². The number of pyridine rings is 1. The Morgan fingerprint density at radius 3 is 2.67 bits per heavy atom. The highest BCUT2D eigenvalue weighted by Gasteiger charge is 2.14. The molecule has 1 aromatic rings. The Kier molecular flexibility index (Phi) is 5.04. The molecule has 3 heteroatoms. The lowest BCUT2D eigenvalue weighted by Crippen LogP contribution is -2.35. The number of aryl methyl sites for hydroxylation is 1. The van der Waals surface area contributed by atoms with Crippen molar-refractivity contribution in [3.05, 3.63) is 35.0 Å². The monoisotopic (exact) mass is 287 g/mol. The Bertz CT molecular complexity index is 512. The number of anilines is 1. The molecule has 0 bridgehead atoms. The van der Waals surface area contributed by atoms with Gasteiger partial charge >= 0.3 is 0 Å². The molecule has 2 rings (SSSR count). The molecule has 0 atom stereocenters. The molecule has 1 N–H and O–H groups in total. The van der Waals surface area contributed by atoms with Gasteiger partial charge in [-0.05, 0) is 58.2 Å². The van der Waals surface area contributed by atoms with E-state index in [-0.39, 0.29) is 5.54 Å². The number of hydrogen-bond donors (Lipinski definition) is 1.